The van der Waals surface area contributed by atoms with Gasteiger partial charge >= 0.3 is 0 Å². The Bertz CT molecular complexity index is 894. The van der Waals surface area contributed by atoms with Crippen molar-refractivity contribution < 1.29 is 0 Å². The lowest BCUT2D eigenvalue weighted by Gasteiger charge is -2.07. The SMILES string of the molecule is C=CCn1nc(C)c2cnn(-c3cccc(Cl)c3)c2c1=O. The molecule has 0 aliphatic carbocycles. The van der Waals surface area contributed by atoms with Gasteiger partial charge in [0, 0.05) is 10.4 Å². The second-order valence-corrected chi connectivity index (χ2v) is 5.10. The van der Waals surface area contributed by atoms with Crippen LogP contribution in [-0.2, 0) is 6.54 Å². The van der Waals surface area contributed by atoms with Crippen molar-refractivity contribution in [2.45, 2.75) is 13.5 Å². The maximum absolute atomic E-state index is 12.6. The van der Waals surface area contributed by atoms with Crippen LogP contribution in [0.2, 0.25) is 5.02 Å². The smallest absolute Gasteiger partial charge is 0.265 e. The molecule has 21 heavy (non-hydrogen) atoms. The summed E-state index contributed by atoms with van der Waals surface area (Å²) in [5, 5.41) is 9.90. The number of fused-ring (bicyclic) bond motifs is 1. The van der Waals surface area contributed by atoms with Gasteiger partial charge < -0.3 is 0 Å². The molecule has 0 saturated heterocycles. The zero-order valence-electron chi connectivity index (χ0n) is 11.5. The molecule has 2 aromatic heterocycles. The lowest BCUT2D eigenvalue weighted by molar-refractivity contribution is 0.647. The Hall–Kier alpha value is -2.40. The Labute approximate surface area is 126 Å². The van der Waals surface area contributed by atoms with Crippen molar-refractivity contribution in [3.8, 4) is 5.69 Å². The zero-order chi connectivity index (χ0) is 15.0. The second kappa shape index (κ2) is 5.18. The maximum Gasteiger partial charge on any atom is 0.293 e. The molecule has 3 rings (SSSR count). The quantitative estimate of drug-likeness (QED) is 0.699. The van der Waals surface area contributed by atoms with Crippen molar-refractivity contribution in [2.75, 3.05) is 0 Å². The van der Waals surface area contributed by atoms with Crippen LogP contribution in [0.1, 0.15) is 5.69 Å². The highest BCUT2D eigenvalue weighted by atomic mass is 35.5. The Morgan fingerprint density at radius 3 is 2.95 bits per heavy atom. The van der Waals surface area contributed by atoms with Crippen LogP contribution in [-0.4, -0.2) is 19.6 Å². The molecule has 0 N–H and O–H groups in total. The van der Waals surface area contributed by atoms with E-state index in [1.54, 1.807) is 29.1 Å². The average molecular weight is 301 g/mol. The van der Waals surface area contributed by atoms with Crippen LogP contribution >= 0.6 is 11.6 Å². The number of aromatic nitrogens is 4. The van der Waals surface area contributed by atoms with Crippen molar-refractivity contribution in [3.05, 3.63) is 64.2 Å². The molecule has 0 saturated carbocycles. The van der Waals surface area contributed by atoms with Gasteiger partial charge in [-0.1, -0.05) is 23.7 Å². The first kappa shape index (κ1) is 13.6. The van der Waals surface area contributed by atoms with E-state index in [4.69, 9.17) is 11.6 Å². The Morgan fingerprint density at radius 1 is 1.43 bits per heavy atom. The summed E-state index contributed by atoms with van der Waals surface area (Å²) < 4.78 is 2.98. The van der Waals surface area contributed by atoms with Gasteiger partial charge in [0.1, 0.15) is 5.52 Å². The van der Waals surface area contributed by atoms with Gasteiger partial charge in [-0.2, -0.15) is 10.2 Å². The zero-order valence-corrected chi connectivity index (χ0v) is 12.2. The fourth-order valence-corrected chi connectivity index (χ4v) is 2.46. The molecule has 0 spiro atoms. The summed E-state index contributed by atoms with van der Waals surface area (Å²) in [5.41, 5.74) is 1.78. The van der Waals surface area contributed by atoms with Gasteiger partial charge in [0.05, 0.1) is 24.1 Å². The minimum atomic E-state index is -0.201. The van der Waals surface area contributed by atoms with E-state index in [0.29, 0.717) is 17.1 Å². The number of rotatable bonds is 3. The van der Waals surface area contributed by atoms with Crippen molar-refractivity contribution in [1.82, 2.24) is 19.6 Å². The molecule has 0 bridgehead atoms. The summed E-state index contributed by atoms with van der Waals surface area (Å²) in [5.74, 6) is 0. The standard InChI is InChI=1S/C15H13ClN4O/c1-3-7-19-15(21)14-13(10(2)18-19)9-17-20(14)12-6-4-5-11(16)8-12/h3-6,8-9H,1,7H2,2H3. The van der Waals surface area contributed by atoms with E-state index in [1.807, 2.05) is 19.1 Å². The molecule has 0 aliphatic rings. The molecule has 0 radical (unpaired) electrons. The van der Waals surface area contributed by atoms with Gasteiger partial charge in [-0.3, -0.25) is 4.79 Å². The number of allylic oxidation sites excluding steroid dienone is 1. The number of hydrogen-bond donors (Lipinski definition) is 0. The number of hydrogen-bond acceptors (Lipinski definition) is 3. The highest BCUT2D eigenvalue weighted by molar-refractivity contribution is 6.30. The van der Waals surface area contributed by atoms with Crippen LogP contribution in [0.15, 0.2) is 47.9 Å². The van der Waals surface area contributed by atoms with E-state index in [9.17, 15) is 4.79 Å². The van der Waals surface area contributed by atoms with E-state index in [0.717, 1.165) is 16.8 Å². The molecule has 3 aromatic rings. The molecule has 0 atom stereocenters. The largest absolute Gasteiger partial charge is 0.293 e. The highest BCUT2D eigenvalue weighted by Crippen LogP contribution is 2.19. The first-order chi connectivity index (χ1) is 10.1. The van der Waals surface area contributed by atoms with Gasteiger partial charge in [-0.15, -0.1) is 6.58 Å². The Balaban J connectivity index is 2.35. The fraction of sp³-hybridized carbons (Fsp3) is 0.133. The molecule has 1 aromatic carbocycles. The predicted octanol–water partition coefficient (Wildman–Crippen LogP) is 2.73. The number of benzene rings is 1. The lowest BCUT2D eigenvalue weighted by Crippen LogP contribution is -2.25. The monoisotopic (exact) mass is 300 g/mol. The van der Waals surface area contributed by atoms with E-state index in [-0.39, 0.29) is 5.56 Å². The van der Waals surface area contributed by atoms with Crippen LogP contribution in [0.4, 0.5) is 0 Å². The summed E-state index contributed by atoms with van der Waals surface area (Å²) >= 11 is 6.01. The summed E-state index contributed by atoms with van der Waals surface area (Å²) in [6, 6.07) is 7.22. The van der Waals surface area contributed by atoms with Gasteiger partial charge in [-0.25, -0.2) is 9.36 Å². The van der Waals surface area contributed by atoms with Gasteiger partial charge in [0.2, 0.25) is 0 Å². The third-order valence-electron chi connectivity index (χ3n) is 3.22. The van der Waals surface area contributed by atoms with Gasteiger partial charge in [0.25, 0.3) is 5.56 Å². The molecule has 6 heteroatoms. The van der Waals surface area contributed by atoms with Crippen LogP contribution < -0.4 is 5.56 Å². The fourth-order valence-electron chi connectivity index (χ4n) is 2.27. The van der Waals surface area contributed by atoms with Crippen LogP contribution in [0.25, 0.3) is 16.6 Å². The third kappa shape index (κ3) is 2.25. The number of halogens is 1. The van der Waals surface area contributed by atoms with Crippen molar-refractivity contribution in [1.29, 1.82) is 0 Å². The van der Waals surface area contributed by atoms with Crippen LogP contribution in [0, 0.1) is 6.92 Å². The number of aryl methyl sites for hydroxylation is 1. The summed E-state index contributed by atoms with van der Waals surface area (Å²) in [7, 11) is 0. The molecule has 0 unspecified atom stereocenters. The number of nitrogens with zero attached hydrogens (tertiary/aromatic N) is 4. The topological polar surface area (TPSA) is 52.7 Å². The van der Waals surface area contributed by atoms with E-state index < -0.39 is 0 Å². The molecule has 5 nitrogen and oxygen atoms in total. The first-order valence-corrected chi connectivity index (χ1v) is 6.82. The molecule has 0 amide bonds. The minimum Gasteiger partial charge on any atom is -0.265 e. The van der Waals surface area contributed by atoms with Gasteiger partial charge in [0.15, 0.2) is 0 Å². The second-order valence-electron chi connectivity index (χ2n) is 4.66. The minimum absolute atomic E-state index is 0.201. The van der Waals surface area contributed by atoms with E-state index in [1.165, 1.54) is 4.68 Å². The van der Waals surface area contributed by atoms with Crippen molar-refractivity contribution in [3.63, 3.8) is 0 Å². The van der Waals surface area contributed by atoms with Gasteiger partial charge in [-0.05, 0) is 25.1 Å². The normalized spacial score (nSPS) is 11.0. The Morgan fingerprint density at radius 2 is 2.24 bits per heavy atom. The van der Waals surface area contributed by atoms with Crippen molar-refractivity contribution >= 4 is 22.5 Å². The average Bonchev–Trinajstić information content (AvgIpc) is 2.90. The van der Waals surface area contributed by atoms with Crippen LogP contribution in [0.5, 0.6) is 0 Å². The highest BCUT2D eigenvalue weighted by Gasteiger charge is 2.14. The molecule has 0 fully saturated rings. The molecule has 106 valence electrons. The van der Waals surface area contributed by atoms with Crippen molar-refractivity contribution in [2.24, 2.45) is 0 Å². The Kier molecular flexibility index (Phi) is 3.35. The molecule has 0 aliphatic heterocycles. The summed E-state index contributed by atoms with van der Waals surface area (Å²) in [6.07, 6.45) is 3.29. The van der Waals surface area contributed by atoms with E-state index in [2.05, 4.69) is 16.8 Å². The first-order valence-electron chi connectivity index (χ1n) is 6.44. The molecular weight excluding hydrogens is 288 g/mol. The van der Waals surface area contributed by atoms with Crippen LogP contribution in [0.3, 0.4) is 0 Å². The summed E-state index contributed by atoms with van der Waals surface area (Å²) in [6.45, 7) is 5.86. The lowest BCUT2D eigenvalue weighted by atomic mass is 10.2. The summed E-state index contributed by atoms with van der Waals surface area (Å²) in [4.78, 5) is 12.6. The maximum atomic E-state index is 12.6. The third-order valence-corrected chi connectivity index (χ3v) is 3.46. The molecule has 2 heterocycles. The predicted molar refractivity (Wildman–Crippen MR) is 83.1 cm³/mol. The van der Waals surface area contributed by atoms with E-state index >= 15 is 0 Å². The molecular formula is C15H13ClN4O.